The van der Waals surface area contributed by atoms with E-state index in [-0.39, 0.29) is 18.2 Å². The van der Waals surface area contributed by atoms with Crippen molar-refractivity contribution in [2.45, 2.75) is 78.4 Å². The molecule has 0 N–H and O–H groups in total. The summed E-state index contributed by atoms with van der Waals surface area (Å²) in [4.78, 5) is 18.7. The number of carbonyl (C=O) groups excluding carboxylic acids is 1. The predicted octanol–water partition coefficient (Wildman–Crippen LogP) is 4.89. The zero-order valence-electron chi connectivity index (χ0n) is 19.7. The van der Waals surface area contributed by atoms with Gasteiger partial charge >= 0.3 is 6.09 Å². The van der Waals surface area contributed by atoms with Crippen molar-refractivity contribution in [3.05, 3.63) is 29.2 Å². The molecule has 2 aliphatic rings. The van der Waals surface area contributed by atoms with Crippen molar-refractivity contribution >= 4 is 11.7 Å². The van der Waals surface area contributed by atoms with Crippen molar-refractivity contribution in [2.75, 3.05) is 20.3 Å². The van der Waals surface area contributed by atoms with Gasteiger partial charge in [0, 0.05) is 17.7 Å². The Labute approximate surface area is 185 Å². The fourth-order valence-corrected chi connectivity index (χ4v) is 5.14. The van der Waals surface area contributed by atoms with Gasteiger partial charge in [-0.3, -0.25) is 0 Å². The van der Waals surface area contributed by atoms with Gasteiger partial charge in [0.25, 0.3) is 0 Å². The van der Waals surface area contributed by atoms with Crippen LogP contribution in [-0.4, -0.2) is 51.9 Å². The van der Waals surface area contributed by atoms with Crippen LogP contribution in [0.4, 0.5) is 4.79 Å². The minimum Gasteiger partial charge on any atom is -0.453 e. The minimum atomic E-state index is -0.320. The number of rotatable bonds is 2. The Kier molecular flexibility index (Phi) is 5.99. The number of aryl methyl sites for hydroxylation is 1. The molecule has 2 aromatic rings. The average Bonchev–Trinajstić information content (AvgIpc) is 3.16. The van der Waals surface area contributed by atoms with Crippen molar-refractivity contribution in [1.29, 1.82) is 0 Å². The zero-order valence-corrected chi connectivity index (χ0v) is 19.7. The molecule has 2 fully saturated rings. The monoisotopic (exact) mass is 428 g/mol. The lowest BCUT2D eigenvalue weighted by Gasteiger charge is -2.37. The Morgan fingerprint density at radius 2 is 1.90 bits per heavy atom. The van der Waals surface area contributed by atoms with Crippen LogP contribution in [0.1, 0.15) is 82.5 Å². The van der Waals surface area contributed by atoms with Crippen LogP contribution in [0.2, 0.25) is 0 Å². The lowest BCUT2D eigenvalue weighted by atomic mass is 9.69. The molecule has 7 heteroatoms. The maximum absolute atomic E-state index is 12.2. The van der Waals surface area contributed by atoms with Gasteiger partial charge in [-0.2, -0.15) is 5.10 Å². The van der Waals surface area contributed by atoms with E-state index < -0.39 is 0 Å². The molecule has 1 saturated carbocycles. The van der Waals surface area contributed by atoms with Crippen LogP contribution in [-0.2, 0) is 9.47 Å². The van der Waals surface area contributed by atoms with Gasteiger partial charge < -0.3 is 14.4 Å². The highest BCUT2D eigenvalue weighted by atomic mass is 16.5. The Morgan fingerprint density at radius 1 is 1.19 bits per heavy atom. The Morgan fingerprint density at radius 3 is 2.55 bits per heavy atom. The van der Waals surface area contributed by atoms with Crippen LogP contribution in [0.3, 0.4) is 0 Å². The molecule has 2 aromatic heterocycles. The second-order valence-electron chi connectivity index (χ2n) is 10.4. The summed E-state index contributed by atoms with van der Waals surface area (Å²) in [5.74, 6) is 1.26. The van der Waals surface area contributed by atoms with Gasteiger partial charge in [0.05, 0.1) is 37.7 Å². The Hall–Kier alpha value is -2.15. The molecule has 31 heavy (non-hydrogen) atoms. The summed E-state index contributed by atoms with van der Waals surface area (Å²) < 4.78 is 13.0. The molecule has 0 unspecified atom stereocenters. The molecule has 1 aliphatic carbocycles. The van der Waals surface area contributed by atoms with Crippen LogP contribution < -0.4 is 0 Å². The molecule has 2 atom stereocenters. The van der Waals surface area contributed by atoms with Gasteiger partial charge in [-0.1, -0.05) is 20.8 Å². The summed E-state index contributed by atoms with van der Waals surface area (Å²) >= 11 is 0. The van der Waals surface area contributed by atoms with Gasteiger partial charge in [-0.15, -0.1) is 0 Å². The molecule has 1 aliphatic heterocycles. The van der Waals surface area contributed by atoms with Crippen LogP contribution in [0, 0.1) is 18.3 Å². The van der Waals surface area contributed by atoms with Gasteiger partial charge in [-0.25, -0.2) is 14.3 Å². The third-order valence-corrected chi connectivity index (χ3v) is 7.14. The van der Waals surface area contributed by atoms with E-state index in [4.69, 9.17) is 19.6 Å². The van der Waals surface area contributed by atoms with Crippen LogP contribution >= 0.6 is 0 Å². The second-order valence-corrected chi connectivity index (χ2v) is 10.4. The molecule has 170 valence electrons. The number of fused-ring (bicyclic) bond motifs is 1. The maximum atomic E-state index is 12.2. The minimum absolute atomic E-state index is 0.0201. The van der Waals surface area contributed by atoms with Gasteiger partial charge in [0.2, 0.25) is 0 Å². The zero-order chi connectivity index (χ0) is 22.3. The molecule has 0 radical (unpaired) electrons. The first-order valence-corrected chi connectivity index (χ1v) is 11.5. The summed E-state index contributed by atoms with van der Waals surface area (Å²) in [6.07, 6.45) is 4.27. The molecule has 0 spiro atoms. The number of aromatic nitrogens is 3. The van der Waals surface area contributed by atoms with Crippen molar-refractivity contribution in [1.82, 2.24) is 19.5 Å². The molecular formula is C24H36N4O3. The number of morpholine rings is 1. The standard InChI is InChI=1S/C24H36N4O3/c1-15-11-20(21-13-27(23(29)30-6)16(2)14-31-21)28-22(25-15)12-19(26-28)17-7-9-18(10-8-17)24(3,4)5/h11-12,16-18,21H,7-10,13-14H2,1-6H3/t16-,17?,18?,21+/m0/s1. The highest BCUT2D eigenvalue weighted by molar-refractivity contribution is 5.68. The predicted molar refractivity (Wildman–Crippen MR) is 119 cm³/mol. The van der Waals surface area contributed by atoms with Crippen molar-refractivity contribution < 1.29 is 14.3 Å². The number of hydrogen-bond donors (Lipinski definition) is 0. The van der Waals surface area contributed by atoms with E-state index in [1.807, 2.05) is 24.4 Å². The summed E-state index contributed by atoms with van der Waals surface area (Å²) in [6, 6.07) is 4.15. The van der Waals surface area contributed by atoms with Crippen molar-refractivity contribution in [2.24, 2.45) is 11.3 Å². The third kappa shape index (κ3) is 4.43. The van der Waals surface area contributed by atoms with E-state index in [0.717, 1.165) is 28.6 Å². The Balaban J connectivity index is 1.60. The van der Waals surface area contributed by atoms with E-state index in [1.54, 1.807) is 4.90 Å². The molecule has 7 nitrogen and oxygen atoms in total. The smallest absolute Gasteiger partial charge is 0.409 e. The van der Waals surface area contributed by atoms with E-state index in [9.17, 15) is 4.79 Å². The normalized spacial score (nSPS) is 27.5. The lowest BCUT2D eigenvalue weighted by molar-refractivity contribution is -0.0554. The lowest BCUT2D eigenvalue weighted by Crippen LogP contribution is -2.48. The van der Waals surface area contributed by atoms with E-state index >= 15 is 0 Å². The molecule has 1 amide bonds. The SMILES string of the molecule is COC(=O)N1C[C@H](c2cc(C)nc3cc(C4CCC(C(C)(C)C)CC4)nn23)OC[C@@H]1C. The number of amides is 1. The number of carbonyl (C=O) groups is 1. The topological polar surface area (TPSA) is 69.0 Å². The third-order valence-electron chi connectivity index (χ3n) is 7.14. The summed E-state index contributed by atoms with van der Waals surface area (Å²) in [7, 11) is 1.42. The first-order chi connectivity index (χ1) is 14.7. The van der Waals surface area contributed by atoms with Crippen molar-refractivity contribution in [3.63, 3.8) is 0 Å². The Bertz CT molecular complexity index is 940. The number of nitrogens with zero attached hydrogens (tertiary/aromatic N) is 4. The molecule has 1 saturated heterocycles. The van der Waals surface area contributed by atoms with Crippen LogP contribution in [0.5, 0.6) is 0 Å². The van der Waals surface area contributed by atoms with Gasteiger partial charge in [-0.05, 0) is 56.9 Å². The largest absolute Gasteiger partial charge is 0.453 e. The first-order valence-electron chi connectivity index (χ1n) is 11.5. The summed E-state index contributed by atoms with van der Waals surface area (Å²) in [6.45, 7) is 11.9. The highest BCUT2D eigenvalue weighted by Crippen LogP contribution is 2.43. The molecule has 3 heterocycles. The van der Waals surface area contributed by atoms with Crippen LogP contribution in [0.25, 0.3) is 5.65 Å². The van der Waals surface area contributed by atoms with E-state index in [2.05, 4.69) is 26.8 Å². The van der Waals surface area contributed by atoms with Crippen molar-refractivity contribution in [3.8, 4) is 0 Å². The highest BCUT2D eigenvalue weighted by Gasteiger charge is 2.34. The number of hydrogen-bond acceptors (Lipinski definition) is 5. The first kappa shape index (κ1) is 22.1. The number of ether oxygens (including phenoxy) is 2. The van der Waals surface area contributed by atoms with Gasteiger partial charge in [0.15, 0.2) is 5.65 Å². The molecular weight excluding hydrogens is 392 g/mol. The van der Waals surface area contributed by atoms with Crippen LogP contribution in [0.15, 0.2) is 12.1 Å². The van der Waals surface area contributed by atoms with E-state index in [1.165, 1.54) is 32.8 Å². The fourth-order valence-electron chi connectivity index (χ4n) is 5.14. The summed E-state index contributed by atoms with van der Waals surface area (Å²) in [5, 5.41) is 4.99. The van der Waals surface area contributed by atoms with Gasteiger partial charge in [0.1, 0.15) is 6.10 Å². The summed E-state index contributed by atoms with van der Waals surface area (Å²) in [5.41, 5.74) is 4.22. The molecule has 4 rings (SSSR count). The quantitative estimate of drug-likeness (QED) is 0.681. The fraction of sp³-hybridized carbons (Fsp3) is 0.708. The average molecular weight is 429 g/mol. The maximum Gasteiger partial charge on any atom is 0.409 e. The molecule has 0 bridgehead atoms. The molecule has 0 aromatic carbocycles. The number of methoxy groups -OCH3 is 1. The second kappa shape index (κ2) is 8.41. The van der Waals surface area contributed by atoms with E-state index in [0.29, 0.717) is 24.5 Å².